The fourth-order valence-electron chi connectivity index (χ4n) is 7.05. The van der Waals surface area contributed by atoms with Crippen molar-refractivity contribution < 1.29 is 19.8 Å². The van der Waals surface area contributed by atoms with Gasteiger partial charge in [-0.1, -0.05) is 36.4 Å². The molecule has 28 heavy (non-hydrogen) atoms. The van der Waals surface area contributed by atoms with Gasteiger partial charge in [-0.15, -0.1) is 0 Å². The zero-order valence-electron chi connectivity index (χ0n) is 15.7. The van der Waals surface area contributed by atoms with Gasteiger partial charge in [-0.25, -0.2) is 9.59 Å². The number of hydrogen-bond acceptors (Lipinski definition) is 2. The molecule has 6 rings (SSSR count). The summed E-state index contributed by atoms with van der Waals surface area (Å²) in [7, 11) is 0. The molecular weight excluding hydrogens is 352 g/mol. The molecule has 4 aliphatic rings. The molecular formula is C24H24O4. The van der Waals surface area contributed by atoms with Crippen LogP contribution in [0.2, 0.25) is 0 Å². The lowest BCUT2D eigenvalue weighted by atomic mass is 9.42. The third-order valence-corrected chi connectivity index (χ3v) is 7.53. The maximum atomic E-state index is 12.0. The van der Waals surface area contributed by atoms with Crippen molar-refractivity contribution in [3.05, 3.63) is 70.8 Å². The van der Waals surface area contributed by atoms with Crippen LogP contribution in [0.1, 0.15) is 69.9 Å². The van der Waals surface area contributed by atoms with E-state index >= 15 is 0 Å². The van der Waals surface area contributed by atoms with Crippen LogP contribution < -0.4 is 0 Å². The van der Waals surface area contributed by atoms with Crippen molar-refractivity contribution in [1.29, 1.82) is 0 Å². The van der Waals surface area contributed by atoms with Gasteiger partial charge in [0.05, 0.1) is 11.1 Å². The minimum atomic E-state index is -0.897. The van der Waals surface area contributed by atoms with Crippen LogP contribution in [-0.2, 0) is 5.41 Å². The second-order valence-corrected chi connectivity index (χ2v) is 8.98. The molecule has 2 N–H and O–H groups in total. The third-order valence-electron chi connectivity index (χ3n) is 7.53. The Balaban J connectivity index is 1.75. The summed E-state index contributed by atoms with van der Waals surface area (Å²) in [6, 6.07) is 14.8. The molecule has 4 aliphatic carbocycles. The Morgan fingerprint density at radius 3 is 2.00 bits per heavy atom. The lowest BCUT2D eigenvalue weighted by Gasteiger charge is -2.62. The molecule has 0 aromatic heterocycles. The van der Waals surface area contributed by atoms with Crippen LogP contribution in [-0.4, -0.2) is 22.2 Å². The van der Waals surface area contributed by atoms with Gasteiger partial charge in [0.25, 0.3) is 0 Å². The maximum absolute atomic E-state index is 12.0. The number of hydrogen-bond donors (Lipinski definition) is 2. The van der Waals surface area contributed by atoms with Crippen LogP contribution in [0, 0.1) is 17.8 Å². The summed E-state index contributed by atoms with van der Waals surface area (Å²) in [4.78, 5) is 24.0. The number of aromatic carboxylic acids is 2. The van der Waals surface area contributed by atoms with Gasteiger partial charge in [-0.2, -0.15) is 0 Å². The highest BCUT2D eigenvalue weighted by molar-refractivity contribution is 5.91. The van der Waals surface area contributed by atoms with E-state index in [-0.39, 0.29) is 11.3 Å². The van der Waals surface area contributed by atoms with E-state index in [4.69, 9.17) is 0 Å². The van der Waals surface area contributed by atoms with E-state index in [1.54, 1.807) is 24.3 Å². The predicted molar refractivity (Wildman–Crippen MR) is 105 cm³/mol. The van der Waals surface area contributed by atoms with Crippen LogP contribution in [0.15, 0.2) is 48.5 Å². The average Bonchev–Trinajstić information content (AvgIpc) is 2.67. The van der Waals surface area contributed by atoms with Crippen LogP contribution in [0.5, 0.6) is 0 Å². The first kappa shape index (κ1) is 17.5. The molecule has 4 nitrogen and oxygen atoms in total. The molecule has 3 atom stereocenters. The summed E-state index contributed by atoms with van der Waals surface area (Å²) < 4.78 is 0. The molecule has 0 amide bonds. The molecule has 0 aliphatic heterocycles. The molecule has 0 saturated heterocycles. The molecule has 2 aromatic carbocycles. The second-order valence-electron chi connectivity index (χ2n) is 8.98. The van der Waals surface area contributed by atoms with E-state index in [9.17, 15) is 19.8 Å². The summed E-state index contributed by atoms with van der Waals surface area (Å²) in [5, 5.41) is 19.7. The Bertz CT molecular complexity index is 949. The molecule has 0 spiro atoms. The van der Waals surface area contributed by atoms with Crippen molar-refractivity contribution in [2.75, 3.05) is 0 Å². The molecule has 144 valence electrons. The normalized spacial score (nSPS) is 33.0. The van der Waals surface area contributed by atoms with E-state index in [0.29, 0.717) is 28.9 Å². The van der Waals surface area contributed by atoms with E-state index < -0.39 is 11.9 Å². The Kier molecular flexibility index (Phi) is 3.87. The molecule has 2 aromatic rings. The average molecular weight is 376 g/mol. The van der Waals surface area contributed by atoms with E-state index in [0.717, 1.165) is 36.8 Å². The molecule has 3 unspecified atom stereocenters. The largest absolute Gasteiger partial charge is 0.478 e. The Labute approximate surface area is 164 Å². The Morgan fingerprint density at radius 2 is 1.36 bits per heavy atom. The summed E-state index contributed by atoms with van der Waals surface area (Å²) in [6.45, 7) is 0. The minimum Gasteiger partial charge on any atom is -0.478 e. The van der Waals surface area contributed by atoms with Crippen LogP contribution in [0.25, 0.3) is 0 Å². The summed E-state index contributed by atoms with van der Waals surface area (Å²) in [5.74, 6) is -0.0652. The molecule has 4 saturated carbocycles. The first-order valence-electron chi connectivity index (χ1n) is 10.1. The molecule has 4 heteroatoms. The quantitative estimate of drug-likeness (QED) is 0.792. The van der Waals surface area contributed by atoms with Crippen molar-refractivity contribution >= 4 is 11.9 Å². The lowest BCUT2D eigenvalue weighted by molar-refractivity contribution is -0.0288. The maximum Gasteiger partial charge on any atom is 0.335 e. The zero-order chi connectivity index (χ0) is 19.5. The van der Waals surface area contributed by atoms with Gasteiger partial charge in [0.15, 0.2) is 0 Å². The van der Waals surface area contributed by atoms with Crippen molar-refractivity contribution in [3.8, 4) is 0 Å². The number of rotatable bonds is 4. The van der Waals surface area contributed by atoms with Gasteiger partial charge in [-0.05, 0) is 79.0 Å². The number of carboxylic acids is 2. The fourth-order valence-corrected chi connectivity index (χ4v) is 7.05. The van der Waals surface area contributed by atoms with E-state index in [1.165, 1.54) is 6.42 Å². The number of carbonyl (C=O) groups is 2. The van der Waals surface area contributed by atoms with E-state index in [1.807, 2.05) is 24.3 Å². The molecule has 4 bridgehead atoms. The summed E-state index contributed by atoms with van der Waals surface area (Å²) >= 11 is 0. The topological polar surface area (TPSA) is 74.6 Å². The summed E-state index contributed by atoms with van der Waals surface area (Å²) in [5.41, 5.74) is 2.26. The summed E-state index contributed by atoms with van der Waals surface area (Å²) in [6.07, 6.45) is 5.42. The van der Waals surface area contributed by atoms with Gasteiger partial charge >= 0.3 is 11.9 Å². The minimum absolute atomic E-state index is 0.0631. The molecule has 4 fully saturated rings. The fraction of sp³-hybridized carbons (Fsp3) is 0.417. The van der Waals surface area contributed by atoms with Gasteiger partial charge in [0, 0.05) is 5.41 Å². The lowest BCUT2D eigenvalue weighted by Crippen LogP contribution is -2.54. The Hall–Kier alpha value is -2.62. The van der Waals surface area contributed by atoms with Crippen LogP contribution in [0.4, 0.5) is 0 Å². The van der Waals surface area contributed by atoms with Gasteiger partial charge in [0.1, 0.15) is 0 Å². The first-order valence-corrected chi connectivity index (χ1v) is 10.1. The predicted octanol–water partition coefficient (Wildman–Crippen LogP) is 4.94. The SMILES string of the molecule is O=C(O)c1ccccc1C1C2CC3CC(C2)CC1(c1ccccc1C(=O)O)C3. The van der Waals surface area contributed by atoms with Crippen molar-refractivity contribution in [3.63, 3.8) is 0 Å². The molecule has 0 heterocycles. The standard InChI is InChI=1S/C24H24O4/c25-22(26)18-6-2-1-5-17(18)21-16-10-14-9-15(11-16)13-24(21,12-14)20-8-4-3-7-19(20)23(27)28/h1-8,14-16,21H,9-13H2,(H,25,26)(H,27,28). The van der Waals surface area contributed by atoms with Gasteiger partial charge < -0.3 is 10.2 Å². The Morgan fingerprint density at radius 1 is 0.786 bits per heavy atom. The highest BCUT2D eigenvalue weighted by Crippen LogP contribution is 2.67. The zero-order valence-corrected chi connectivity index (χ0v) is 15.7. The number of carboxylic acid groups (broad SMARTS) is 2. The van der Waals surface area contributed by atoms with Crippen molar-refractivity contribution in [2.24, 2.45) is 17.8 Å². The van der Waals surface area contributed by atoms with E-state index in [2.05, 4.69) is 0 Å². The second kappa shape index (κ2) is 6.20. The highest BCUT2D eigenvalue weighted by atomic mass is 16.4. The van der Waals surface area contributed by atoms with Crippen molar-refractivity contribution in [2.45, 2.75) is 43.4 Å². The third kappa shape index (κ3) is 2.43. The van der Waals surface area contributed by atoms with Crippen molar-refractivity contribution in [1.82, 2.24) is 0 Å². The highest BCUT2D eigenvalue weighted by Gasteiger charge is 2.59. The molecule has 0 radical (unpaired) electrons. The number of benzene rings is 2. The van der Waals surface area contributed by atoms with Crippen LogP contribution in [0.3, 0.4) is 0 Å². The first-order chi connectivity index (χ1) is 13.5. The monoisotopic (exact) mass is 376 g/mol. The van der Waals surface area contributed by atoms with Gasteiger partial charge in [-0.3, -0.25) is 0 Å². The smallest absolute Gasteiger partial charge is 0.335 e. The van der Waals surface area contributed by atoms with Crippen LogP contribution >= 0.6 is 0 Å². The van der Waals surface area contributed by atoms with Gasteiger partial charge in [0.2, 0.25) is 0 Å².